The van der Waals surface area contributed by atoms with Crippen molar-refractivity contribution in [1.29, 1.82) is 0 Å². The zero-order valence-electron chi connectivity index (χ0n) is 25.2. The predicted octanol–water partition coefficient (Wildman–Crippen LogP) is 10.1. The zero-order chi connectivity index (χ0) is 31.2. The number of benzene rings is 7. The fraction of sp³-hybridized carbons (Fsp3) is 0. The van der Waals surface area contributed by atoms with Gasteiger partial charge in [0.15, 0.2) is 11.6 Å². The summed E-state index contributed by atoms with van der Waals surface area (Å²) in [4.78, 5) is 19.7. The van der Waals surface area contributed by atoms with Crippen LogP contribution in [0.3, 0.4) is 0 Å². The molecule has 47 heavy (non-hydrogen) atoms. The second-order valence-corrected chi connectivity index (χ2v) is 13.6. The van der Waals surface area contributed by atoms with E-state index < -0.39 is 0 Å². The second-order valence-electron chi connectivity index (χ2n) is 11.5. The van der Waals surface area contributed by atoms with Gasteiger partial charge >= 0.3 is 181 Å². The van der Waals surface area contributed by atoms with Gasteiger partial charge in [-0.1, -0.05) is 60.7 Å². The van der Waals surface area contributed by atoms with Crippen molar-refractivity contribution in [3.63, 3.8) is 0 Å². The third kappa shape index (κ3) is 5.22. The normalized spacial score (nSPS) is 11.4. The van der Waals surface area contributed by atoms with Gasteiger partial charge in [0.1, 0.15) is 0 Å². The van der Waals surface area contributed by atoms with Gasteiger partial charge in [-0.05, 0) is 0 Å². The molecule has 9 rings (SSSR count). The van der Waals surface area contributed by atoms with E-state index in [-0.39, 0.29) is 14.5 Å². The minimum Gasteiger partial charge on any atom is -0.208 e. The molecular formula is C42H26N4Se. The zero-order valence-corrected chi connectivity index (χ0v) is 26.9. The Balaban J connectivity index is 1.08. The fourth-order valence-corrected chi connectivity index (χ4v) is 8.42. The maximum absolute atomic E-state index is 4.99. The van der Waals surface area contributed by atoms with Gasteiger partial charge in [0.05, 0.1) is 0 Å². The monoisotopic (exact) mass is 666 g/mol. The molecule has 0 atom stereocenters. The van der Waals surface area contributed by atoms with Crippen LogP contribution >= 0.6 is 0 Å². The molecule has 0 saturated heterocycles. The van der Waals surface area contributed by atoms with Crippen molar-refractivity contribution in [2.75, 3.05) is 0 Å². The Morgan fingerprint density at radius 1 is 0.340 bits per heavy atom. The predicted molar refractivity (Wildman–Crippen MR) is 194 cm³/mol. The number of hydrogen-bond acceptors (Lipinski definition) is 4. The average molecular weight is 666 g/mol. The minimum atomic E-state index is 0.181. The van der Waals surface area contributed by atoms with Crippen molar-refractivity contribution in [3.8, 4) is 55.4 Å². The molecule has 0 unspecified atom stereocenters. The molecule has 0 spiro atoms. The molecule has 220 valence electrons. The summed E-state index contributed by atoms with van der Waals surface area (Å²) in [5.74, 6) is 1.98. The number of nitrogens with zero attached hydrogens (tertiary/aromatic N) is 4. The maximum Gasteiger partial charge on any atom is -0.0512 e. The van der Waals surface area contributed by atoms with Gasteiger partial charge in [-0.15, -0.1) is 0 Å². The average Bonchev–Trinajstić information content (AvgIpc) is 3.60. The van der Waals surface area contributed by atoms with Crippen molar-refractivity contribution in [1.82, 2.24) is 19.9 Å². The Labute approximate surface area is 277 Å². The van der Waals surface area contributed by atoms with Crippen LogP contribution in [-0.2, 0) is 0 Å². The van der Waals surface area contributed by atoms with Crippen molar-refractivity contribution in [3.05, 3.63) is 158 Å². The quantitative estimate of drug-likeness (QED) is 0.172. The van der Waals surface area contributed by atoms with Crippen molar-refractivity contribution >= 4 is 45.8 Å². The molecule has 0 N–H and O–H groups in total. The van der Waals surface area contributed by atoms with Crippen LogP contribution in [0.2, 0.25) is 0 Å². The third-order valence-corrected chi connectivity index (χ3v) is 10.9. The molecule has 7 aromatic carbocycles. The molecule has 0 aliphatic rings. The van der Waals surface area contributed by atoms with Gasteiger partial charge in [-0.25, -0.2) is 15.0 Å². The Morgan fingerprint density at radius 3 is 1.43 bits per heavy atom. The Morgan fingerprint density at radius 2 is 0.809 bits per heavy atom. The molecule has 4 nitrogen and oxygen atoms in total. The van der Waals surface area contributed by atoms with E-state index in [9.17, 15) is 0 Å². The number of aromatic nitrogens is 4. The van der Waals surface area contributed by atoms with Gasteiger partial charge < -0.3 is 0 Å². The first-order chi connectivity index (χ1) is 23.2. The topological polar surface area (TPSA) is 51.6 Å². The van der Waals surface area contributed by atoms with E-state index in [0.717, 1.165) is 27.6 Å². The molecule has 0 fully saturated rings. The first-order valence-electron chi connectivity index (χ1n) is 15.6. The molecule has 0 bridgehead atoms. The molecule has 5 heteroatoms. The third-order valence-electron chi connectivity index (χ3n) is 8.52. The van der Waals surface area contributed by atoms with E-state index >= 15 is 0 Å². The summed E-state index contributed by atoms with van der Waals surface area (Å²) in [6, 6.07) is 55.1. The van der Waals surface area contributed by atoms with Gasteiger partial charge in [0.2, 0.25) is 0 Å². The van der Waals surface area contributed by atoms with Crippen LogP contribution in [0.5, 0.6) is 0 Å². The van der Waals surface area contributed by atoms with E-state index in [1.54, 1.807) is 0 Å². The second kappa shape index (κ2) is 11.6. The van der Waals surface area contributed by atoms with Gasteiger partial charge in [-0.3, -0.25) is 0 Å². The van der Waals surface area contributed by atoms with E-state index in [2.05, 4.69) is 97.1 Å². The molecule has 2 heterocycles. The standard InChI is InChI=1S/C42H26N4Se/c1-4-10-27(11-5-1)39-44-40(28-12-6-2-7-13-28)46-41(45-39)35-19-18-31-24-30(16-17-32(31)26-35)33-20-22-36-34(25-33)21-23-37-38(36)47-42(43-37)29-14-8-3-9-15-29/h1-26H. The summed E-state index contributed by atoms with van der Waals surface area (Å²) in [5.41, 5.74) is 7.61. The summed E-state index contributed by atoms with van der Waals surface area (Å²) >= 11 is 0.181. The molecule has 0 aliphatic heterocycles. The molecule has 0 aliphatic carbocycles. The first kappa shape index (κ1) is 27.6. The van der Waals surface area contributed by atoms with Crippen LogP contribution in [0, 0.1) is 0 Å². The maximum atomic E-state index is 4.99. The SMILES string of the molecule is c1ccc(-c2nc(-c3ccccc3)nc(-c3ccc4cc(-c5ccc6c(ccc7nc(-c8ccccc8)[se]c76)c5)ccc4c3)n2)cc1. The smallest absolute Gasteiger partial charge is 0.0512 e. The molecule has 2 aromatic heterocycles. The summed E-state index contributed by atoms with van der Waals surface area (Å²) in [7, 11) is 0. The number of hydrogen-bond donors (Lipinski definition) is 0. The van der Waals surface area contributed by atoms with Gasteiger partial charge in [0.25, 0.3) is 0 Å². The van der Waals surface area contributed by atoms with Crippen LogP contribution in [-0.4, -0.2) is 34.4 Å². The molecule has 0 amide bonds. The minimum absolute atomic E-state index is 0.181. The first-order valence-corrected chi connectivity index (χ1v) is 17.3. The molecule has 0 saturated carbocycles. The molecular weight excluding hydrogens is 639 g/mol. The van der Waals surface area contributed by atoms with Crippen LogP contribution in [0.1, 0.15) is 0 Å². The van der Waals surface area contributed by atoms with Crippen molar-refractivity contribution in [2.45, 2.75) is 0 Å². The van der Waals surface area contributed by atoms with Crippen LogP contribution in [0.15, 0.2) is 158 Å². The van der Waals surface area contributed by atoms with Crippen LogP contribution in [0.25, 0.3) is 86.7 Å². The summed E-state index contributed by atoms with van der Waals surface area (Å²) < 4.78 is 2.57. The molecule has 0 radical (unpaired) electrons. The largest absolute Gasteiger partial charge is 0.208 e. The summed E-state index contributed by atoms with van der Waals surface area (Å²) in [6.45, 7) is 0. The van der Waals surface area contributed by atoms with E-state index in [4.69, 9.17) is 19.9 Å². The van der Waals surface area contributed by atoms with Crippen molar-refractivity contribution < 1.29 is 0 Å². The van der Waals surface area contributed by atoms with E-state index in [1.165, 1.54) is 41.7 Å². The fourth-order valence-electron chi connectivity index (χ4n) is 6.10. The van der Waals surface area contributed by atoms with E-state index in [1.807, 2.05) is 60.7 Å². The van der Waals surface area contributed by atoms with Gasteiger partial charge in [-0.2, -0.15) is 0 Å². The summed E-state index contributed by atoms with van der Waals surface area (Å²) in [6.07, 6.45) is 0. The summed E-state index contributed by atoms with van der Waals surface area (Å²) in [5, 5.41) is 4.86. The molecule has 9 aromatic rings. The van der Waals surface area contributed by atoms with Crippen molar-refractivity contribution in [2.24, 2.45) is 0 Å². The Bertz CT molecular complexity index is 2500. The Hall–Kier alpha value is -5.74. The number of fused-ring (bicyclic) bond motifs is 4. The van der Waals surface area contributed by atoms with Crippen LogP contribution < -0.4 is 0 Å². The Kier molecular flexibility index (Phi) is 6.78. The van der Waals surface area contributed by atoms with Gasteiger partial charge in [0, 0.05) is 11.1 Å². The number of rotatable bonds is 5. The van der Waals surface area contributed by atoms with Crippen LogP contribution in [0.4, 0.5) is 0 Å². The van der Waals surface area contributed by atoms with E-state index in [0.29, 0.717) is 17.5 Å².